The molecule has 3 aromatic rings. The van der Waals surface area contributed by atoms with E-state index < -0.39 is 0 Å². The van der Waals surface area contributed by atoms with Gasteiger partial charge in [0.2, 0.25) is 0 Å². The summed E-state index contributed by atoms with van der Waals surface area (Å²) in [5.41, 5.74) is 2.40. The van der Waals surface area contributed by atoms with Crippen LogP contribution in [0.4, 0.5) is 0 Å². The van der Waals surface area contributed by atoms with Crippen LogP contribution >= 0.6 is 0 Å². The Bertz CT molecular complexity index is 1090. The number of aromatic nitrogens is 4. The molecule has 1 saturated carbocycles. The van der Waals surface area contributed by atoms with Crippen LogP contribution in [0.25, 0.3) is 0 Å². The molecule has 0 unspecified atom stereocenters. The Morgan fingerprint density at radius 2 is 1.96 bits per heavy atom. The van der Waals surface area contributed by atoms with Gasteiger partial charge < -0.3 is 9.30 Å². The van der Waals surface area contributed by atoms with Crippen LogP contribution in [0.15, 0.2) is 53.7 Å². The van der Waals surface area contributed by atoms with Crippen molar-refractivity contribution in [3.05, 3.63) is 82.1 Å². The summed E-state index contributed by atoms with van der Waals surface area (Å²) >= 11 is 0. The molecular weight excluding hydrogens is 352 g/mol. The minimum Gasteiger partial charge on any atom is -0.485 e. The zero-order valence-corrected chi connectivity index (χ0v) is 15.6. The predicted octanol–water partition coefficient (Wildman–Crippen LogP) is 2.73. The van der Waals surface area contributed by atoms with E-state index in [2.05, 4.69) is 26.8 Å². The molecule has 6 nitrogen and oxygen atoms in total. The first kappa shape index (κ1) is 17.9. The highest BCUT2D eigenvalue weighted by molar-refractivity contribution is 5.36. The first-order chi connectivity index (χ1) is 13.7. The highest BCUT2D eigenvalue weighted by atomic mass is 16.5. The molecule has 0 radical (unpaired) electrons. The molecule has 3 heterocycles. The van der Waals surface area contributed by atoms with Crippen molar-refractivity contribution in [3.63, 3.8) is 0 Å². The third-order valence-electron chi connectivity index (χ3n) is 4.43. The minimum absolute atomic E-state index is 0.139. The molecule has 0 atom stereocenters. The second-order valence-electron chi connectivity index (χ2n) is 6.79. The Kier molecular flexibility index (Phi) is 5.16. The summed E-state index contributed by atoms with van der Waals surface area (Å²) in [6.45, 7) is 2.49. The number of nitrogens with zero attached hydrogens (tertiary/aromatic N) is 4. The Hall–Kier alpha value is -3.46. The maximum atomic E-state index is 12.6. The smallest absolute Gasteiger partial charge is 0.254 e. The van der Waals surface area contributed by atoms with E-state index >= 15 is 0 Å². The van der Waals surface area contributed by atoms with Gasteiger partial charge in [-0.15, -0.1) is 0 Å². The fourth-order valence-corrected chi connectivity index (χ4v) is 2.75. The number of aryl methyl sites for hydroxylation is 1. The molecule has 0 saturated heterocycles. The molecule has 28 heavy (non-hydrogen) atoms. The van der Waals surface area contributed by atoms with Gasteiger partial charge in [-0.1, -0.05) is 11.8 Å². The van der Waals surface area contributed by atoms with Gasteiger partial charge in [-0.2, -0.15) is 0 Å². The molecule has 0 aromatic carbocycles. The third-order valence-corrected chi connectivity index (χ3v) is 4.43. The topological polar surface area (TPSA) is 69.9 Å². The van der Waals surface area contributed by atoms with Crippen molar-refractivity contribution in [3.8, 4) is 17.6 Å². The summed E-state index contributed by atoms with van der Waals surface area (Å²) in [4.78, 5) is 25.2. The summed E-state index contributed by atoms with van der Waals surface area (Å²) in [7, 11) is 0. The van der Waals surface area contributed by atoms with Crippen LogP contribution in [-0.4, -0.2) is 19.5 Å². The van der Waals surface area contributed by atoms with Gasteiger partial charge in [0.25, 0.3) is 5.56 Å². The van der Waals surface area contributed by atoms with Crippen molar-refractivity contribution in [2.24, 2.45) is 5.92 Å². The van der Waals surface area contributed by atoms with Gasteiger partial charge >= 0.3 is 0 Å². The van der Waals surface area contributed by atoms with Crippen LogP contribution in [0, 0.1) is 24.7 Å². The lowest BCUT2D eigenvalue weighted by molar-refractivity contribution is 0.294. The number of ether oxygens (including phenoxy) is 1. The molecule has 0 amide bonds. The highest BCUT2D eigenvalue weighted by Gasteiger charge is 2.17. The summed E-state index contributed by atoms with van der Waals surface area (Å²) in [5, 5.41) is 0. The minimum atomic E-state index is -0.139. The molecule has 1 aliphatic carbocycles. The average molecular weight is 372 g/mol. The van der Waals surface area contributed by atoms with Gasteiger partial charge in [-0.25, -0.2) is 9.97 Å². The quantitative estimate of drug-likeness (QED) is 0.644. The van der Waals surface area contributed by atoms with Crippen LogP contribution in [0.3, 0.4) is 0 Å². The van der Waals surface area contributed by atoms with Crippen molar-refractivity contribution < 1.29 is 4.74 Å². The number of rotatable bonds is 5. The zero-order valence-electron chi connectivity index (χ0n) is 15.6. The normalized spacial score (nSPS) is 12.9. The Morgan fingerprint density at radius 1 is 1.14 bits per heavy atom. The third kappa shape index (κ3) is 4.63. The van der Waals surface area contributed by atoms with Crippen LogP contribution in [0.2, 0.25) is 0 Å². The molecule has 140 valence electrons. The number of pyridine rings is 2. The molecule has 0 bridgehead atoms. The fourth-order valence-electron chi connectivity index (χ4n) is 2.75. The van der Waals surface area contributed by atoms with Crippen molar-refractivity contribution in [1.82, 2.24) is 19.5 Å². The van der Waals surface area contributed by atoms with E-state index in [0.717, 1.165) is 17.0 Å². The molecule has 0 aliphatic heterocycles. The van der Waals surface area contributed by atoms with Gasteiger partial charge in [0.05, 0.1) is 12.2 Å². The van der Waals surface area contributed by atoms with Gasteiger partial charge in [0.15, 0.2) is 5.82 Å². The van der Waals surface area contributed by atoms with Gasteiger partial charge in [0.1, 0.15) is 12.4 Å². The first-order valence-corrected chi connectivity index (χ1v) is 9.24. The van der Waals surface area contributed by atoms with E-state index in [1.807, 2.05) is 25.1 Å². The van der Waals surface area contributed by atoms with Crippen LogP contribution in [0.5, 0.6) is 5.75 Å². The van der Waals surface area contributed by atoms with Crippen LogP contribution in [-0.2, 0) is 13.2 Å². The van der Waals surface area contributed by atoms with E-state index in [-0.39, 0.29) is 12.2 Å². The number of hydrogen-bond donors (Lipinski definition) is 0. The van der Waals surface area contributed by atoms with Crippen molar-refractivity contribution in [2.45, 2.75) is 32.9 Å². The van der Waals surface area contributed by atoms with E-state index in [4.69, 9.17) is 4.74 Å². The summed E-state index contributed by atoms with van der Waals surface area (Å²) < 4.78 is 7.34. The fraction of sp³-hybridized carbons (Fsp3) is 0.273. The largest absolute Gasteiger partial charge is 0.485 e. The second-order valence-corrected chi connectivity index (χ2v) is 6.79. The lowest BCUT2D eigenvalue weighted by atomic mass is 10.2. The second kappa shape index (κ2) is 8.05. The Labute approximate surface area is 163 Å². The van der Waals surface area contributed by atoms with Crippen molar-refractivity contribution >= 4 is 0 Å². The summed E-state index contributed by atoms with van der Waals surface area (Å²) in [5.74, 6) is 8.06. The predicted molar refractivity (Wildman–Crippen MR) is 105 cm³/mol. The van der Waals surface area contributed by atoms with Crippen molar-refractivity contribution in [2.75, 3.05) is 0 Å². The molecule has 0 N–H and O–H groups in total. The van der Waals surface area contributed by atoms with E-state index in [0.29, 0.717) is 24.0 Å². The molecule has 4 rings (SSSR count). The lowest BCUT2D eigenvalue weighted by Crippen LogP contribution is -2.23. The summed E-state index contributed by atoms with van der Waals surface area (Å²) in [6.07, 6.45) is 7.45. The Balaban J connectivity index is 1.48. The maximum absolute atomic E-state index is 12.6. The molecule has 1 aliphatic rings. The van der Waals surface area contributed by atoms with Crippen LogP contribution < -0.4 is 10.3 Å². The molecule has 6 heteroatoms. The SMILES string of the molecule is Cc1cc(OCc2ncccn2)cc(=O)n1Cc1cc(C#CC2CC2)ccn1. The van der Waals surface area contributed by atoms with Crippen molar-refractivity contribution in [1.29, 1.82) is 0 Å². The van der Waals surface area contributed by atoms with E-state index in [1.165, 1.54) is 18.9 Å². The molecule has 1 fully saturated rings. The van der Waals surface area contributed by atoms with Gasteiger partial charge in [-0.05, 0) is 44.0 Å². The molecule has 3 aromatic heterocycles. The zero-order chi connectivity index (χ0) is 19.3. The molecule has 0 spiro atoms. The van der Waals surface area contributed by atoms with E-state index in [1.54, 1.807) is 29.2 Å². The lowest BCUT2D eigenvalue weighted by Gasteiger charge is -2.12. The van der Waals surface area contributed by atoms with Gasteiger partial charge in [-0.3, -0.25) is 9.78 Å². The maximum Gasteiger partial charge on any atom is 0.254 e. The standard InChI is InChI=1S/C22H20N4O2/c1-16-11-20(28-15-21-24-8-2-9-25-21)13-22(27)26(16)14-19-12-18(7-10-23-19)6-5-17-3-4-17/h2,7-13,17H,3-4,14-15H2,1H3. The first-order valence-electron chi connectivity index (χ1n) is 9.24. The van der Waals surface area contributed by atoms with E-state index in [9.17, 15) is 4.79 Å². The Morgan fingerprint density at radius 3 is 2.71 bits per heavy atom. The molecular formula is C22H20N4O2. The van der Waals surface area contributed by atoms with Gasteiger partial charge in [0, 0.05) is 41.8 Å². The number of hydrogen-bond acceptors (Lipinski definition) is 5. The highest BCUT2D eigenvalue weighted by Crippen LogP contribution is 2.27. The summed E-state index contributed by atoms with van der Waals surface area (Å²) in [6, 6.07) is 8.90. The van der Waals surface area contributed by atoms with Crippen LogP contribution in [0.1, 0.15) is 35.6 Å². The monoisotopic (exact) mass is 372 g/mol. The average Bonchev–Trinajstić information content (AvgIpc) is 3.53.